The van der Waals surface area contributed by atoms with Crippen LogP contribution in [-0.2, 0) is 19.4 Å². The van der Waals surface area contributed by atoms with Gasteiger partial charge in [-0.1, -0.05) is 18.2 Å². The molecule has 1 aromatic carbocycles. The van der Waals surface area contributed by atoms with Gasteiger partial charge in [0.05, 0.1) is 5.69 Å². The Bertz CT molecular complexity index is 923. The Morgan fingerprint density at radius 3 is 2.43 bits per heavy atom. The second-order valence-electron chi connectivity index (χ2n) is 8.93. The molecule has 0 radical (unpaired) electrons. The number of nitrogens with one attached hydrogen (secondary N) is 3. The number of rotatable bonds is 8. The molecule has 0 spiro atoms. The van der Waals surface area contributed by atoms with Gasteiger partial charge in [-0.3, -0.25) is 0 Å². The van der Waals surface area contributed by atoms with E-state index in [9.17, 15) is 13.2 Å². The quantitative estimate of drug-likeness (QED) is 0.391. The summed E-state index contributed by atoms with van der Waals surface area (Å²) in [5, 5.41) is 10.1. The van der Waals surface area contributed by atoms with Crippen molar-refractivity contribution in [2.24, 2.45) is 5.92 Å². The monoisotopic (exact) mass is 535 g/mol. The number of nitrogens with zero attached hydrogens (tertiary/aromatic N) is 2. The SMILES string of the molecule is CNc1nc(N[C@H]2CC[C@@H](CNCc3ccccc3OC(F)(F)F)CC2)nc2c1CCCC2.Cl.Cl. The molecule has 1 fully saturated rings. The molecular weight excluding hydrogens is 502 g/mol. The van der Waals surface area contributed by atoms with Gasteiger partial charge in [0.25, 0.3) is 0 Å². The zero-order chi connectivity index (χ0) is 23.3. The van der Waals surface area contributed by atoms with Gasteiger partial charge in [-0.25, -0.2) is 4.98 Å². The van der Waals surface area contributed by atoms with Crippen LogP contribution in [0.4, 0.5) is 24.9 Å². The highest BCUT2D eigenvalue weighted by Gasteiger charge is 2.32. The van der Waals surface area contributed by atoms with Crippen LogP contribution >= 0.6 is 24.8 Å². The Morgan fingerprint density at radius 2 is 1.71 bits per heavy atom. The van der Waals surface area contributed by atoms with Gasteiger partial charge >= 0.3 is 6.36 Å². The lowest BCUT2D eigenvalue weighted by atomic mass is 9.86. The molecule has 0 saturated heterocycles. The van der Waals surface area contributed by atoms with Gasteiger partial charge in [-0.05, 0) is 69.9 Å². The van der Waals surface area contributed by atoms with Crippen LogP contribution in [0.15, 0.2) is 24.3 Å². The maximum absolute atomic E-state index is 12.6. The van der Waals surface area contributed by atoms with E-state index in [1.807, 2.05) is 7.05 Å². The van der Waals surface area contributed by atoms with E-state index in [0.29, 0.717) is 30.0 Å². The van der Waals surface area contributed by atoms with Gasteiger partial charge in [-0.15, -0.1) is 38.0 Å². The van der Waals surface area contributed by atoms with Crippen molar-refractivity contribution in [2.75, 3.05) is 24.2 Å². The van der Waals surface area contributed by atoms with Gasteiger partial charge in [0.15, 0.2) is 0 Å². The molecule has 2 aromatic rings. The third-order valence-corrected chi connectivity index (χ3v) is 6.55. The van der Waals surface area contributed by atoms with Crippen molar-refractivity contribution in [3.8, 4) is 5.75 Å². The number of alkyl halides is 3. The molecule has 196 valence electrons. The highest BCUT2D eigenvalue weighted by Crippen LogP contribution is 2.30. The van der Waals surface area contributed by atoms with Crippen LogP contribution in [0.3, 0.4) is 0 Å². The summed E-state index contributed by atoms with van der Waals surface area (Å²) in [5.74, 6) is 2.00. The lowest BCUT2D eigenvalue weighted by molar-refractivity contribution is -0.274. The molecule has 1 heterocycles. The van der Waals surface area contributed by atoms with Crippen molar-refractivity contribution >= 4 is 36.6 Å². The summed E-state index contributed by atoms with van der Waals surface area (Å²) in [6.45, 7) is 1.12. The predicted molar refractivity (Wildman–Crippen MR) is 137 cm³/mol. The second kappa shape index (κ2) is 13.4. The number of ether oxygens (including phenoxy) is 1. The Kier molecular flexibility index (Phi) is 11.2. The molecule has 4 rings (SSSR count). The summed E-state index contributed by atoms with van der Waals surface area (Å²) in [7, 11) is 1.91. The minimum absolute atomic E-state index is 0. The van der Waals surface area contributed by atoms with E-state index < -0.39 is 6.36 Å². The van der Waals surface area contributed by atoms with E-state index in [1.54, 1.807) is 18.2 Å². The number of benzene rings is 1. The standard InChI is InChI=1S/C24H32F3N5O.2ClH/c1-28-22-19-7-3-4-8-20(19)31-23(32-22)30-18-12-10-16(11-13-18)14-29-15-17-6-2-5-9-21(17)33-24(25,26)27;;/h2,5-6,9,16,18,29H,3-4,7-8,10-15H2,1H3,(H2,28,30,31,32);2*1H/t16-,18+;;. The molecule has 0 amide bonds. The van der Waals surface area contributed by atoms with Gasteiger partial charge in [0.2, 0.25) is 5.95 Å². The average molecular weight is 536 g/mol. The average Bonchev–Trinajstić information content (AvgIpc) is 2.80. The smallest absolute Gasteiger partial charge is 0.405 e. The van der Waals surface area contributed by atoms with E-state index in [1.165, 1.54) is 24.5 Å². The molecule has 0 unspecified atom stereocenters. The number of aromatic nitrogens is 2. The van der Waals surface area contributed by atoms with E-state index >= 15 is 0 Å². The molecule has 0 aliphatic heterocycles. The molecule has 2 aliphatic rings. The van der Waals surface area contributed by atoms with Gasteiger partial charge in [-0.2, -0.15) is 4.98 Å². The van der Waals surface area contributed by atoms with Crippen LogP contribution in [0, 0.1) is 5.92 Å². The van der Waals surface area contributed by atoms with E-state index in [2.05, 4.69) is 20.7 Å². The first kappa shape index (κ1) is 29.3. The van der Waals surface area contributed by atoms with Crippen LogP contribution in [-0.4, -0.2) is 36.0 Å². The Balaban J connectivity index is 0.00000216. The topological polar surface area (TPSA) is 71.1 Å². The van der Waals surface area contributed by atoms with Crippen molar-refractivity contribution in [1.82, 2.24) is 15.3 Å². The largest absolute Gasteiger partial charge is 0.573 e. The molecule has 1 aromatic heterocycles. The van der Waals surface area contributed by atoms with Crippen molar-refractivity contribution in [1.29, 1.82) is 0 Å². The first-order chi connectivity index (χ1) is 15.9. The molecule has 3 N–H and O–H groups in total. The Morgan fingerprint density at radius 1 is 1.00 bits per heavy atom. The van der Waals surface area contributed by atoms with E-state index in [4.69, 9.17) is 9.97 Å². The first-order valence-corrected chi connectivity index (χ1v) is 11.8. The molecule has 1 saturated carbocycles. The van der Waals surface area contributed by atoms with E-state index in [-0.39, 0.29) is 30.6 Å². The minimum atomic E-state index is -4.68. The van der Waals surface area contributed by atoms with Crippen molar-refractivity contribution in [2.45, 2.75) is 70.3 Å². The number of para-hydroxylation sites is 1. The Hall–Kier alpha value is -1.97. The fourth-order valence-electron chi connectivity index (χ4n) is 4.84. The molecule has 11 heteroatoms. The zero-order valence-corrected chi connectivity index (χ0v) is 21.4. The molecule has 35 heavy (non-hydrogen) atoms. The molecule has 0 bridgehead atoms. The highest BCUT2D eigenvalue weighted by atomic mass is 35.5. The summed E-state index contributed by atoms with van der Waals surface area (Å²) in [4.78, 5) is 9.48. The number of fused-ring (bicyclic) bond motifs is 1. The fourth-order valence-corrected chi connectivity index (χ4v) is 4.84. The lowest BCUT2D eigenvalue weighted by Crippen LogP contribution is -2.32. The summed E-state index contributed by atoms with van der Waals surface area (Å²) in [6.07, 6.45) is 3.88. The summed E-state index contributed by atoms with van der Waals surface area (Å²) in [5.41, 5.74) is 2.93. The molecular formula is C24H34Cl2F3N5O. The van der Waals surface area contributed by atoms with Gasteiger partial charge in [0.1, 0.15) is 11.6 Å². The van der Waals surface area contributed by atoms with E-state index in [0.717, 1.165) is 56.6 Å². The maximum Gasteiger partial charge on any atom is 0.573 e. The van der Waals surface area contributed by atoms with Crippen molar-refractivity contribution < 1.29 is 17.9 Å². The third kappa shape index (κ3) is 8.29. The zero-order valence-electron chi connectivity index (χ0n) is 19.8. The first-order valence-electron chi connectivity index (χ1n) is 11.8. The summed E-state index contributed by atoms with van der Waals surface area (Å²) < 4.78 is 41.9. The fraction of sp³-hybridized carbons (Fsp3) is 0.583. The van der Waals surface area contributed by atoms with Gasteiger partial charge < -0.3 is 20.7 Å². The summed E-state index contributed by atoms with van der Waals surface area (Å²) in [6, 6.07) is 6.62. The maximum atomic E-state index is 12.6. The minimum Gasteiger partial charge on any atom is -0.405 e. The second-order valence-corrected chi connectivity index (χ2v) is 8.93. The number of halogens is 5. The van der Waals surface area contributed by atoms with Crippen molar-refractivity contribution in [3.63, 3.8) is 0 Å². The van der Waals surface area contributed by atoms with Gasteiger partial charge in [0, 0.05) is 30.8 Å². The summed E-state index contributed by atoms with van der Waals surface area (Å²) >= 11 is 0. The highest BCUT2D eigenvalue weighted by molar-refractivity contribution is 5.85. The van der Waals surface area contributed by atoms with Crippen molar-refractivity contribution in [3.05, 3.63) is 41.1 Å². The number of hydrogen-bond acceptors (Lipinski definition) is 6. The van der Waals surface area contributed by atoms with Crippen LogP contribution in [0.1, 0.15) is 55.3 Å². The van der Waals surface area contributed by atoms with Crippen LogP contribution < -0.4 is 20.7 Å². The molecule has 2 aliphatic carbocycles. The normalized spacial score (nSPS) is 19.5. The van der Waals surface area contributed by atoms with Crippen LogP contribution in [0.25, 0.3) is 0 Å². The molecule has 6 nitrogen and oxygen atoms in total. The van der Waals surface area contributed by atoms with Crippen LogP contribution in [0.2, 0.25) is 0 Å². The molecule has 0 atom stereocenters. The lowest BCUT2D eigenvalue weighted by Gasteiger charge is -2.30. The van der Waals surface area contributed by atoms with Crippen LogP contribution in [0.5, 0.6) is 5.75 Å². The number of aryl methyl sites for hydroxylation is 1. The number of hydrogen-bond donors (Lipinski definition) is 3. The predicted octanol–water partition coefficient (Wildman–Crippen LogP) is 5.90. The number of anilines is 2. The Labute approximate surface area is 217 Å². The third-order valence-electron chi connectivity index (χ3n) is 6.55.